The van der Waals surface area contributed by atoms with Crippen LogP contribution in [0.1, 0.15) is 23.6 Å². The summed E-state index contributed by atoms with van der Waals surface area (Å²) in [5.74, 6) is -2.29. The van der Waals surface area contributed by atoms with Crippen LogP contribution >= 0.6 is 0 Å². The number of ether oxygens (including phenoxy) is 2. The van der Waals surface area contributed by atoms with E-state index < -0.39 is 48.1 Å². The molecule has 3 aromatic rings. The van der Waals surface area contributed by atoms with Crippen LogP contribution in [0.2, 0.25) is 0 Å². The minimum absolute atomic E-state index is 0.00745. The molecule has 0 radical (unpaired) electrons. The van der Waals surface area contributed by atoms with Crippen LogP contribution in [0.25, 0.3) is 0 Å². The summed E-state index contributed by atoms with van der Waals surface area (Å²) in [4.78, 5) is 51.8. The predicted molar refractivity (Wildman–Crippen MR) is 153 cm³/mol. The van der Waals surface area contributed by atoms with Gasteiger partial charge in [-0.3, -0.25) is 9.59 Å². The predicted octanol–water partition coefficient (Wildman–Crippen LogP) is 2.00. The molecule has 0 unspecified atom stereocenters. The molecule has 0 heterocycles. The van der Waals surface area contributed by atoms with E-state index in [0.29, 0.717) is 5.56 Å². The SMILES string of the molecule is COC(=O)[C@@H](NC(=O)[C@@H](Cc1ccc(O)cc1)NC(=O)[C@@H](Cc1ccccc1)NC(=O)OCc1ccccc1)[C@@H](C)O. The molecule has 3 amide bonds. The second-order valence-electron chi connectivity index (χ2n) is 9.63. The van der Waals surface area contributed by atoms with E-state index >= 15 is 0 Å². The molecule has 3 rings (SSSR count). The van der Waals surface area contributed by atoms with Crippen LogP contribution in [-0.4, -0.2) is 65.4 Å². The molecule has 42 heavy (non-hydrogen) atoms. The topological polar surface area (TPSA) is 163 Å². The van der Waals surface area contributed by atoms with Gasteiger partial charge in [-0.2, -0.15) is 0 Å². The zero-order chi connectivity index (χ0) is 30.5. The summed E-state index contributed by atoms with van der Waals surface area (Å²) in [5.41, 5.74) is 2.11. The monoisotopic (exact) mass is 577 g/mol. The number of methoxy groups -OCH3 is 1. The minimum atomic E-state index is -1.38. The van der Waals surface area contributed by atoms with Crippen LogP contribution in [-0.2, 0) is 43.3 Å². The number of amides is 3. The molecule has 0 bridgehead atoms. The van der Waals surface area contributed by atoms with Gasteiger partial charge in [-0.1, -0.05) is 72.8 Å². The van der Waals surface area contributed by atoms with Crippen molar-refractivity contribution in [2.45, 2.75) is 50.6 Å². The van der Waals surface area contributed by atoms with E-state index in [1.807, 2.05) is 24.3 Å². The van der Waals surface area contributed by atoms with E-state index in [2.05, 4.69) is 20.7 Å². The average Bonchev–Trinajstić information content (AvgIpc) is 2.99. The minimum Gasteiger partial charge on any atom is -0.508 e. The van der Waals surface area contributed by atoms with Crippen molar-refractivity contribution in [1.29, 1.82) is 0 Å². The number of hydrogen-bond donors (Lipinski definition) is 5. The molecule has 222 valence electrons. The van der Waals surface area contributed by atoms with Gasteiger partial charge in [0.15, 0.2) is 6.04 Å². The molecule has 0 aliphatic carbocycles. The van der Waals surface area contributed by atoms with Gasteiger partial charge in [-0.15, -0.1) is 0 Å². The zero-order valence-corrected chi connectivity index (χ0v) is 23.4. The first-order valence-corrected chi connectivity index (χ1v) is 13.3. The number of aromatic hydroxyl groups is 1. The maximum Gasteiger partial charge on any atom is 0.408 e. The van der Waals surface area contributed by atoms with Crippen molar-refractivity contribution in [3.8, 4) is 5.75 Å². The molecular formula is C31H35N3O8. The highest BCUT2D eigenvalue weighted by Crippen LogP contribution is 2.13. The lowest BCUT2D eigenvalue weighted by atomic mass is 10.0. The molecular weight excluding hydrogens is 542 g/mol. The van der Waals surface area contributed by atoms with Crippen molar-refractivity contribution in [3.63, 3.8) is 0 Å². The number of nitrogens with one attached hydrogen (secondary N) is 3. The summed E-state index contributed by atoms with van der Waals surface area (Å²) in [6.07, 6.45) is -2.03. The number of esters is 1. The Kier molecular flexibility index (Phi) is 11.9. The third-order valence-electron chi connectivity index (χ3n) is 6.35. The fourth-order valence-electron chi connectivity index (χ4n) is 4.07. The molecule has 0 aliphatic rings. The molecule has 0 saturated carbocycles. The summed E-state index contributed by atoms with van der Waals surface area (Å²) >= 11 is 0. The molecule has 3 aromatic carbocycles. The van der Waals surface area contributed by atoms with Crippen molar-refractivity contribution in [2.75, 3.05) is 7.11 Å². The van der Waals surface area contributed by atoms with Crippen molar-refractivity contribution in [3.05, 3.63) is 102 Å². The molecule has 11 nitrogen and oxygen atoms in total. The van der Waals surface area contributed by atoms with E-state index in [1.54, 1.807) is 48.5 Å². The van der Waals surface area contributed by atoms with E-state index in [-0.39, 0.29) is 25.2 Å². The maximum absolute atomic E-state index is 13.6. The Balaban J connectivity index is 1.81. The van der Waals surface area contributed by atoms with Gasteiger partial charge in [0.2, 0.25) is 11.8 Å². The highest BCUT2D eigenvalue weighted by Gasteiger charge is 2.32. The van der Waals surface area contributed by atoms with Gasteiger partial charge in [0.05, 0.1) is 13.2 Å². The lowest BCUT2D eigenvalue weighted by Crippen LogP contribution is -2.58. The van der Waals surface area contributed by atoms with Gasteiger partial charge >= 0.3 is 12.1 Å². The number of phenolic OH excluding ortho intramolecular Hbond substituents is 1. The molecule has 5 N–H and O–H groups in total. The van der Waals surface area contributed by atoms with Crippen LogP contribution < -0.4 is 16.0 Å². The molecule has 0 spiro atoms. The van der Waals surface area contributed by atoms with E-state index in [0.717, 1.165) is 18.2 Å². The molecule has 0 fully saturated rings. The molecule has 4 atom stereocenters. The first-order valence-electron chi connectivity index (χ1n) is 13.3. The lowest BCUT2D eigenvalue weighted by Gasteiger charge is -2.26. The Hall–Kier alpha value is -4.90. The summed E-state index contributed by atoms with van der Waals surface area (Å²) in [6, 6.07) is 20.3. The number of carbonyl (C=O) groups excluding carboxylic acids is 4. The molecule has 0 aromatic heterocycles. The van der Waals surface area contributed by atoms with E-state index in [1.165, 1.54) is 19.1 Å². The normalized spacial score (nSPS) is 13.5. The summed E-state index contributed by atoms with van der Waals surface area (Å²) in [7, 11) is 1.12. The largest absolute Gasteiger partial charge is 0.508 e. The first kappa shape index (κ1) is 31.6. The third kappa shape index (κ3) is 9.93. The van der Waals surface area contributed by atoms with Crippen LogP contribution in [0.3, 0.4) is 0 Å². The third-order valence-corrected chi connectivity index (χ3v) is 6.35. The fourth-order valence-corrected chi connectivity index (χ4v) is 4.07. The van der Waals surface area contributed by atoms with Crippen molar-refractivity contribution in [1.82, 2.24) is 16.0 Å². The second-order valence-corrected chi connectivity index (χ2v) is 9.63. The number of hydrogen-bond acceptors (Lipinski definition) is 8. The smallest absolute Gasteiger partial charge is 0.408 e. The van der Waals surface area contributed by atoms with Crippen molar-refractivity contribution < 1.29 is 38.9 Å². The molecule has 0 aliphatic heterocycles. The van der Waals surface area contributed by atoms with Crippen LogP contribution in [0.15, 0.2) is 84.9 Å². The number of aliphatic hydroxyl groups excluding tert-OH is 1. The van der Waals surface area contributed by atoms with Gasteiger partial charge in [-0.05, 0) is 35.7 Å². The van der Waals surface area contributed by atoms with Crippen molar-refractivity contribution in [2.24, 2.45) is 0 Å². The Labute approximate surface area is 243 Å². The Morgan fingerprint density at radius 3 is 1.76 bits per heavy atom. The number of carbonyl (C=O) groups is 4. The number of aliphatic hydroxyl groups is 1. The number of rotatable bonds is 13. The Bertz CT molecular complexity index is 1320. The highest BCUT2D eigenvalue weighted by molar-refractivity contribution is 5.93. The fraction of sp³-hybridized carbons (Fsp3) is 0.290. The van der Waals surface area contributed by atoms with Gasteiger partial charge in [0, 0.05) is 12.8 Å². The quantitative estimate of drug-likeness (QED) is 0.193. The van der Waals surface area contributed by atoms with Gasteiger partial charge in [-0.25, -0.2) is 9.59 Å². The van der Waals surface area contributed by atoms with Gasteiger partial charge in [0.1, 0.15) is 24.4 Å². The first-order chi connectivity index (χ1) is 20.2. The summed E-state index contributed by atoms with van der Waals surface area (Å²) in [5, 5.41) is 27.4. The standard InChI is InChI=1S/C31H35N3O8/c1-20(35)27(30(39)41-2)34-29(38)25(18-22-13-15-24(36)16-14-22)32-28(37)26(17-21-9-5-3-6-10-21)33-31(40)42-19-23-11-7-4-8-12-23/h3-16,20,25-27,35-36H,17-19H2,1-2H3,(H,32,37)(H,33,40)(H,34,38)/t20-,25-,26-,27+/m1/s1. The van der Waals surface area contributed by atoms with Gasteiger partial charge < -0.3 is 35.6 Å². The average molecular weight is 578 g/mol. The van der Waals surface area contributed by atoms with Crippen molar-refractivity contribution >= 4 is 23.9 Å². The Morgan fingerprint density at radius 2 is 1.21 bits per heavy atom. The number of phenols is 1. The number of benzene rings is 3. The molecule has 0 saturated heterocycles. The van der Waals surface area contributed by atoms with E-state index in [9.17, 15) is 29.4 Å². The summed E-state index contributed by atoms with van der Waals surface area (Å²) in [6.45, 7) is 1.31. The lowest BCUT2D eigenvalue weighted by molar-refractivity contribution is -0.148. The number of alkyl carbamates (subject to hydrolysis) is 1. The van der Waals surface area contributed by atoms with Gasteiger partial charge in [0.25, 0.3) is 0 Å². The van der Waals surface area contributed by atoms with Crippen LogP contribution in [0.5, 0.6) is 5.75 Å². The Morgan fingerprint density at radius 1 is 0.714 bits per heavy atom. The highest BCUT2D eigenvalue weighted by atomic mass is 16.5. The second kappa shape index (κ2) is 15.8. The molecule has 11 heteroatoms. The van der Waals surface area contributed by atoms with E-state index in [4.69, 9.17) is 4.74 Å². The van der Waals surface area contributed by atoms with Crippen LogP contribution in [0, 0.1) is 0 Å². The summed E-state index contributed by atoms with van der Waals surface area (Å²) < 4.78 is 9.99. The zero-order valence-electron chi connectivity index (χ0n) is 23.4. The van der Waals surface area contributed by atoms with Crippen LogP contribution in [0.4, 0.5) is 4.79 Å². The maximum atomic E-state index is 13.6.